The average Bonchev–Trinajstić information content (AvgIpc) is 2.55. The third-order valence-electron chi connectivity index (χ3n) is 4.06. The van der Waals surface area contributed by atoms with E-state index >= 15 is 0 Å². The molecule has 13 heteroatoms. The predicted octanol–water partition coefficient (Wildman–Crippen LogP) is 3.82. The number of nitrogens with zero attached hydrogens (tertiary/aromatic N) is 3. The van der Waals surface area contributed by atoms with Crippen LogP contribution in [0.25, 0.3) is 5.57 Å². The van der Waals surface area contributed by atoms with Gasteiger partial charge in [0.2, 0.25) is 11.9 Å². The minimum Gasteiger partial charge on any atom is -0.386 e. The average molecular weight is 417 g/mol. The second kappa shape index (κ2) is 8.05. The highest BCUT2D eigenvalue weighted by molar-refractivity contribution is 5.65. The second-order valence-corrected chi connectivity index (χ2v) is 6.36. The number of hydrogen-bond acceptors (Lipinski definition) is 6. The van der Waals surface area contributed by atoms with Crippen molar-refractivity contribution in [3.8, 4) is 0 Å². The summed E-state index contributed by atoms with van der Waals surface area (Å²) in [5.41, 5.74) is -0.188. The van der Waals surface area contributed by atoms with Crippen LogP contribution in [0.4, 0.5) is 42.6 Å². The van der Waals surface area contributed by atoms with Crippen LogP contribution in [0.15, 0.2) is 5.83 Å². The fourth-order valence-electron chi connectivity index (χ4n) is 2.33. The molecule has 3 atom stereocenters. The normalized spacial score (nSPS) is 20.7. The van der Waals surface area contributed by atoms with Gasteiger partial charge in [-0.1, -0.05) is 0 Å². The number of nitrogens with one attached hydrogen (secondary N) is 2. The first-order valence-electron chi connectivity index (χ1n) is 8.28. The van der Waals surface area contributed by atoms with Gasteiger partial charge in [0.25, 0.3) is 0 Å². The first-order chi connectivity index (χ1) is 12.8. The Bertz CT molecular complexity index is 694. The Hall–Kier alpha value is -2.18. The van der Waals surface area contributed by atoms with Crippen LogP contribution in [0.2, 0.25) is 0 Å². The monoisotopic (exact) mass is 417 g/mol. The lowest BCUT2D eigenvalue weighted by Crippen LogP contribution is -2.35. The van der Waals surface area contributed by atoms with E-state index in [4.69, 9.17) is 0 Å². The molecular formula is C15H18F7N5O. The highest BCUT2D eigenvalue weighted by Gasteiger charge is 2.38. The van der Waals surface area contributed by atoms with Crippen molar-refractivity contribution in [2.24, 2.45) is 0 Å². The van der Waals surface area contributed by atoms with E-state index in [2.05, 4.69) is 15.0 Å². The lowest BCUT2D eigenvalue weighted by Gasteiger charge is -2.22. The third kappa shape index (κ3) is 5.42. The number of hydrogen-bond donors (Lipinski definition) is 3. The maximum Gasteiger partial charge on any atom is 0.408 e. The van der Waals surface area contributed by atoms with Gasteiger partial charge in [0.15, 0.2) is 5.82 Å². The summed E-state index contributed by atoms with van der Waals surface area (Å²) in [4.78, 5) is 10.9. The number of aromatic nitrogens is 3. The molecule has 0 radical (unpaired) electrons. The Labute approximate surface area is 155 Å². The molecule has 0 saturated heterocycles. The molecule has 1 aromatic heterocycles. The first-order valence-corrected chi connectivity index (χ1v) is 8.28. The Morgan fingerprint density at radius 1 is 0.929 bits per heavy atom. The van der Waals surface area contributed by atoms with Crippen molar-refractivity contribution in [1.82, 2.24) is 15.0 Å². The van der Waals surface area contributed by atoms with Crippen LogP contribution in [0.1, 0.15) is 38.9 Å². The zero-order valence-electron chi connectivity index (χ0n) is 14.8. The van der Waals surface area contributed by atoms with E-state index in [1.165, 1.54) is 0 Å². The number of rotatable bonds is 5. The first kappa shape index (κ1) is 22.1. The maximum absolute atomic E-state index is 14.2. The summed E-state index contributed by atoms with van der Waals surface area (Å²) in [7, 11) is 0. The van der Waals surface area contributed by atoms with Gasteiger partial charge in [0.05, 0.1) is 0 Å². The highest BCUT2D eigenvalue weighted by atomic mass is 19.4. The quantitative estimate of drug-likeness (QED) is 0.632. The van der Waals surface area contributed by atoms with Gasteiger partial charge in [-0.3, -0.25) is 0 Å². The molecular weight excluding hydrogens is 399 g/mol. The topological polar surface area (TPSA) is 83.0 Å². The van der Waals surface area contributed by atoms with Crippen LogP contribution in [-0.4, -0.2) is 50.6 Å². The minimum absolute atomic E-state index is 0.0649. The van der Waals surface area contributed by atoms with Gasteiger partial charge in [-0.25, -0.2) is 4.39 Å². The van der Waals surface area contributed by atoms with Crippen molar-refractivity contribution < 1.29 is 35.8 Å². The van der Waals surface area contributed by atoms with Crippen LogP contribution >= 0.6 is 0 Å². The lowest BCUT2D eigenvalue weighted by atomic mass is 9.96. The number of alkyl halides is 6. The molecule has 0 aromatic carbocycles. The number of anilines is 2. The Morgan fingerprint density at radius 2 is 1.39 bits per heavy atom. The zero-order valence-corrected chi connectivity index (χ0v) is 14.8. The summed E-state index contributed by atoms with van der Waals surface area (Å²) in [5, 5.41) is 13.5. The van der Waals surface area contributed by atoms with Crippen molar-refractivity contribution in [1.29, 1.82) is 0 Å². The molecule has 2 rings (SSSR count). The molecule has 1 aliphatic carbocycles. The van der Waals surface area contributed by atoms with Gasteiger partial charge in [0.1, 0.15) is 24.0 Å². The van der Waals surface area contributed by atoms with E-state index in [0.717, 1.165) is 13.8 Å². The Kier molecular flexibility index (Phi) is 6.36. The van der Waals surface area contributed by atoms with Crippen LogP contribution < -0.4 is 10.6 Å². The second-order valence-electron chi connectivity index (χ2n) is 6.36. The van der Waals surface area contributed by atoms with E-state index in [-0.39, 0.29) is 18.4 Å². The Morgan fingerprint density at radius 3 is 1.82 bits per heavy atom. The molecule has 1 unspecified atom stereocenters. The molecule has 0 bridgehead atoms. The van der Waals surface area contributed by atoms with Crippen LogP contribution in [0, 0.1) is 0 Å². The highest BCUT2D eigenvalue weighted by Crippen LogP contribution is 2.33. The summed E-state index contributed by atoms with van der Waals surface area (Å²) in [6, 6.07) is -4.24. The van der Waals surface area contributed by atoms with E-state index in [1.807, 2.05) is 10.6 Å². The Balaban J connectivity index is 2.45. The van der Waals surface area contributed by atoms with Gasteiger partial charge < -0.3 is 15.7 Å². The molecule has 0 amide bonds. The van der Waals surface area contributed by atoms with Gasteiger partial charge in [0, 0.05) is 5.57 Å². The summed E-state index contributed by atoms with van der Waals surface area (Å²) in [6.45, 7) is 1.53. The summed E-state index contributed by atoms with van der Waals surface area (Å²) >= 11 is 0. The van der Waals surface area contributed by atoms with Crippen LogP contribution in [0.5, 0.6) is 0 Å². The molecule has 158 valence electrons. The zero-order chi connectivity index (χ0) is 21.3. The van der Waals surface area contributed by atoms with Crippen LogP contribution in [-0.2, 0) is 0 Å². The predicted molar refractivity (Wildman–Crippen MR) is 86.0 cm³/mol. The molecule has 6 nitrogen and oxygen atoms in total. The van der Waals surface area contributed by atoms with Crippen molar-refractivity contribution in [2.45, 2.75) is 63.7 Å². The molecule has 0 saturated carbocycles. The molecule has 1 heterocycles. The lowest BCUT2D eigenvalue weighted by molar-refractivity contribution is -0.139. The number of aliphatic hydroxyl groups excluding tert-OH is 1. The molecule has 0 aliphatic heterocycles. The van der Waals surface area contributed by atoms with E-state index in [0.29, 0.717) is 6.42 Å². The molecule has 1 aromatic rings. The van der Waals surface area contributed by atoms with Gasteiger partial charge in [-0.15, -0.1) is 0 Å². The molecule has 0 fully saturated rings. The van der Waals surface area contributed by atoms with E-state index < -0.39 is 54.1 Å². The summed E-state index contributed by atoms with van der Waals surface area (Å²) < 4.78 is 90.8. The fraction of sp³-hybridized carbons (Fsp3) is 0.667. The SMILES string of the molecule is C[C@H](Nc1nc(N[C@@H](C)C(F)(F)F)nc(C2=C(F)C(O)CCC2)n1)C(F)(F)F. The molecule has 28 heavy (non-hydrogen) atoms. The number of halogens is 7. The molecule has 3 N–H and O–H groups in total. The van der Waals surface area contributed by atoms with Gasteiger partial charge in [-0.05, 0) is 33.1 Å². The van der Waals surface area contributed by atoms with Crippen molar-refractivity contribution in [3.05, 3.63) is 11.7 Å². The van der Waals surface area contributed by atoms with Crippen LogP contribution in [0.3, 0.4) is 0 Å². The number of aliphatic hydroxyl groups is 1. The van der Waals surface area contributed by atoms with E-state index in [9.17, 15) is 35.8 Å². The fourth-order valence-corrected chi connectivity index (χ4v) is 2.33. The molecule has 1 aliphatic rings. The largest absolute Gasteiger partial charge is 0.408 e. The van der Waals surface area contributed by atoms with Crippen molar-refractivity contribution in [2.75, 3.05) is 10.6 Å². The third-order valence-corrected chi connectivity index (χ3v) is 4.06. The summed E-state index contributed by atoms with van der Waals surface area (Å²) in [5.74, 6) is -2.76. The number of allylic oxidation sites excluding steroid dienone is 1. The molecule has 0 spiro atoms. The summed E-state index contributed by atoms with van der Waals surface area (Å²) in [6.07, 6.45) is -10.2. The smallest absolute Gasteiger partial charge is 0.386 e. The maximum atomic E-state index is 14.2. The van der Waals surface area contributed by atoms with E-state index in [1.54, 1.807) is 0 Å². The van der Waals surface area contributed by atoms with Crippen molar-refractivity contribution in [3.63, 3.8) is 0 Å². The minimum atomic E-state index is -4.68. The van der Waals surface area contributed by atoms with Crippen molar-refractivity contribution >= 4 is 17.5 Å². The van der Waals surface area contributed by atoms with Gasteiger partial charge in [-0.2, -0.15) is 41.3 Å². The standard InChI is InChI=1S/C15H18F7N5O/c1-6(14(17,18)19)23-12-25-11(8-4-3-5-9(28)10(8)16)26-13(27-12)24-7(2)15(20,21)22/h6-7,9,28H,3-5H2,1-2H3,(H2,23,24,25,26,27)/t6-,7-,9?/m0/s1. The van der Waals surface area contributed by atoms with Gasteiger partial charge >= 0.3 is 12.4 Å².